The number of benzene rings is 1. The van der Waals surface area contributed by atoms with Crippen molar-refractivity contribution in [2.75, 3.05) is 13.1 Å². The van der Waals surface area contributed by atoms with E-state index in [4.69, 9.17) is 5.73 Å². The van der Waals surface area contributed by atoms with Crippen LogP contribution >= 0.6 is 12.4 Å². The van der Waals surface area contributed by atoms with Crippen LogP contribution in [0.5, 0.6) is 0 Å². The molecule has 2 aromatic rings. The van der Waals surface area contributed by atoms with Crippen molar-refractivity contribution in [1.82, 2.24) is 9.88 Å². The highest BCUT2D eigenvalue weighted by Crippen LogP contribution is 2.24. The molecule has 1 unspecified atom stereocenters. The van der Waals surface area contributed by atoms with Gasteiger partial charge in [0.2, 0.25) is 0 Å². The first kappa shape index (κ1) is 17.1. The van der Waals surface area contributed by atoms with Crippen LogP contribution in [0.4, 0.5) is 4.39 Å². The Balaban J connectivity index is 0.00000176. The average Bonchev–Trinajstić information content (AvgIpc) is 2.51. The lowest BCUT2D eigenvalue weighted by Gasteiger charge is -2.33. The van der Waals surface area contributed by atoms with Crippen LogP contribution in [0.15, 0.2) is 30.5 Å². The second kappa shape index (κ2) is 7.36. The molecule has 2 N–H and O–H groups in total. The van der Waals surface area contributed by atoms with Crippen LogP contribution in [-0.4, -0.2) is 29.0 Å². The molecule has 1 aromatic heterocycles. The van der Waals surface area contributed by atoms with Crippen molar-refractivity contribution in [2.24, 2.45) is 11.7 Å². The van der Waals surface area contributed by atoms with Crippen molar-refractivity contribution in [3.05, 3.63) is 41.8 Å². The average molecular weight is 324 g/mol. The molecule has 0 amide bonds. The number of hydrogen-bond acceptors (Lipinski definition) is 3. The summed E-state index contributed by atoms with van der Waals surface area (Å²) in [4.78, 5) is 6.78. The Labute approximate surface area is 137 Å². The zero-order chi connectivity index (χ0) is 14.8. The van der Waals surface area contributed by atoms with E-state index in [1.165, 1.54) is 0 Å². The quantitative estimate of drug-likeness (QED) is 0.941. The number of nitrogens with zero attached hydrogens (tertiary/aromatic N) is 2. The second-order valence-electron chi connectivity index (χ2n) is 6.08. The van der Waals surface area contributed by atoms with E-state index < -0.39 is 0 Å². The van der Waals surface area contributed by atoms with Crippen LogP contribution in [0, 0.1) is 11.7 Å². The van der Waals surface area contributed by atoms with Gasteiger partial charge < -0.3 is 5.73 Å². The predicted octanol–water partition coefficient (Wildman–Crippen LogP) is 3.35. The van der Waals surface area contributed by atoms with Gasteiger partial charge in [-0.05, 0) is 62.5 Å². The lowest BCUT2D eigenvalue weighted by atomic mass is 9.91. The molecule has 5 heteroatoms. The number of pyridine rings is 1. The summed E-state index contributed by atoms with van der Waals surface area (Å²) in [6.45, 7) is 5.03. The molecule has 0 aliphatic carbocycles. The largest absolute Gasteiger partial charge is 0.328 e. The molecular weight excluding hydrogens is 301 g/mol. The van der Waals surface area contributed by atoms with E-state index in [0.29, 0.717) is 11.3 Å². The number of rotatable bonds is 3. The molecule has 0 bridgehead atoms. The molecule has 1 aliphatic heterocycles. The zero-order valence-electron chi connectivity index (χ0n) is 12.8. The van der Waals surface area contributed by atoms with Crippen LogP contribution in [0.1, 0.15) is 25.3 Å². The number of piperidine rings is 1. The molecule has 0 radical (unpaired) electrons. The van der Waals surface area contributed by atoms with Gasteiger partial charge in [-0.2, -0.15) is 0 Å². The van der Waals surface area contributed by atoms with E-state index in [1.807, 2.05) is 6.07 Å². The lowest BCUT2D eigenvalue weighted by Crippen LogP contribution is -2.39. The predicted molar refractivity (Wildman–Crippen MR) is 90.6 cm³/mol. The lowest BCUT2D eigenvalue weighted by molar-refractivity contribution is 0.166. The summed E-state index contributed by atoms with van der Waals surface area (Å²) in [6.07, 6.45) is 4.02. The number of hydrogen-bond donors (Lipinski definition) is 1. The van der Waals surface area contributed by atoms with Crippen molar-refractivity contribution >= 4 is 23.3 Å². The third-order valence-corrected chi connectivity index (χ3v) is 4.57. The van der Waals surface area contributed by atoms with Gasteiger partial charge in [-0.15, -0.1) is 12.4 Å². The van der Waals surface area contributed by atoms with Gasteiger partial charge in [0.05, 0.1) is 5.52 Å². The normalized spacial score (nSPS) is 18.1. The SMILES string of the molecule is CC(N)C1CCN(Cc2ccc(F)c3cccnc23)CC1.Cl. The topological polar surface area (TPSA) is 42.1 Å². The minimum Gasteiger partial charge on any atom is -0.328 e. The third kappa shape index (κ3) is 3.57. The number of likely N-dealkylation sites (tertiary alicyclic amines) is 1. The van der Waals surface area contributed by atoms with Crippen LogP contribution in [-0.2, 0) is 6.54 Å². The molecule has 22 heavy (non-hydrogen) atoms. The Morgan fingerprint density at radius 2 is 2.05 bits per heavy atom. The fourth-order valence-corrected chi connectivity index (χ4v) is 3.20. The van der Waals surface area contributed by atoms with Crippen molar-refractivity contribution in [2.45, 2.75) is 32.4 Å². The van der Waals surface area contributed by atoms with Crippen molar-refractivity contribution in [3.8, 4) is 0 Å². The standard InChI is InChI=1S/C17H22FN3.ClH/c1-12(19)13-6-9-21(10-7-13)11-14-4-5-16(18)15-3-2-8-20-17(14)15;/h2-5,8,12-13H,6-7,9-11,19H2,1H3;1H. The summed E-state index contributed by atoms with van der Waals surface area (Å²) in [5, 5.41) is 0.612. The molecular formula is C17H23ClFN3. The van der Waals surface area contributed by atoms with Gasteiger partial charge in [0.25, 0.3) is 0 Å². The molecule has 1 aromatic carbocycles. The number of halogens is 2. The minimum atomic E-state index is -0.197. The third-order valence-electron chi connectivity index (χ3n) is 4.57. The van der Waals surface area contributed by atoms with E-state index >= 15 is 0 Å². The van der Waals surface area contributed by atoms with E-state index in [1.54, 1.807) is 24.4 Å². The van der Waals surface area contributed by atoms with Crippen molar-refractivity contribution < 1.29 is 4.39 Å². The molecule has 2 heterocycles. The first-order valence-corrected chi connectivity index (χ1v) is 7.65. The van der Waals surface area contributed by atoms with Gasteiger partial charge >= 0.3 is 0 Å². The van der Waals surface area contributed by atoms with Gasteiger partial charge in [0.15, 0.2) is 0 Å². The highest BCUT2D eigenvalue weighted by Gasteiger charge is 2.22. The second-order valence-corrected chi connectivity index (χ2v) is 6.08. The molecule has 0 spiro atoms. The van der Waals surface area contributed by atoms with E-state index in [9.17, 15) is 4.39 Å². The Morgan fingerprint density at radius 1 is 1.32 bits per heavy atom. The van der Waals surface area contributed by atoms with Gasteiger partial charge in [-0.1, -0.05) is 6.07 Å². The van der Waals surface area contributed by atoms with E-state index in [2.05, 4.69) is 16.8 Å². The minimum absolute atomic E-state index is 0. The number of nitrogens with two attached hydrogens (primary N) is 1. The highest BCUT2D eigenvalue weighted by atomic mass is 35.5. The molecule has 1 saturated heterocycles. The van der Waals surface area contributed by atoms with Crippen LogP contribution in [0.3, 0.4) is 0 Å². The Hall–Kier alpha value is -1.23. The summed E-state index contributed by atoms with van der Waals surface area (Å²) in [5.41, 5.74) is 7.87. The van der Waals surface area contributed by atoms with E-state index in [0.717, 1.165) is 43.6 Å². The molecule has 1 aliphatic rings. The Kier molecular flexibility index (Phi) is 5.73. The Bertz CT molecular complexity index is 624. The fraction of sp³-hybridized carbons (Fsp3) is 0.471. The van der Waals surface area contributed by atoms with E-state index in [-0.39, 0.29) is 24.3 Å². The maximum Gasteiger partial charge on any atom is 0.132 e. The number of aromatic nitrogens is 1. The van der Waals surface area contributed by atoms with Crippen LogP contribution in [0.25, 0.3) is 10.9 Å². The summed E-state index contributed by atoms with van der Waals surface area (Å²) < 4.78 is 13.8. The summed E-state index contributed by atoms with van der Waals surface area (Å²) in [5.74, 6) is 0.432. The van der Waals surface area contributed by atoms with Gasteiger partial charge in [0, 0.05) is 24.2 Å². The van der Waals surface area contributed by atoms with Crippen LogP contribution in [0.2, 0.25) is 0 Å². The van der Waals surface area contributed by atoms with Crippen molar-refractivity contribution in [3.63, 3.8) is 0 Å². The molecule has 120 valence electrons. The summed E-state index contributed by atoms with van der Waals surface area (Å²) >= 11 is 0. The highest BCUT2D eigenvalue weighted by molar-refractivity contribution is 5.85. The summed E-state index contributed by atoms with van der Waals surface area (Å²) in [7, 11) is 0. The smallest absolute Gasteiger partial charge is 0.132 e. The first-order chi connectivity index (χ1) is 10.1. The molecule has 1 fully saturated rings. The fourth-order valence-electron chi connectivity index (χ4n) is 3.20. The van der Waals surface area contributed by atoms with Crippen LogP contribution < -0.4 is 5.73 Å². The van der Waals surface area contributed by atoms with Crippen molar-refractivity contribution in [1.29, 1.82) is 0 Å². The molecule has 0 saturated carbocycles. The zero-order valence-corrected chi connectivity index (χ0v) is 13.7. The number of fused-ring (bicyclic) bond motifs is 1. The maximum atomic E-state index is 13.8. The summed E-state index contributed by atoms with van der Waals surface area (Å²) in [6, 6.07) is 7.27. The Morgan fingerprint density at radius 3 is 2.73 bits per heavy atom. The van der Waals surface area contributed by atoms with Gasteiger partial charge in [-0.3, -0.25) is 9.88 Å². The first-order valence-electron chi connectivity index (χ1n) is 7.65. The molecule has 3 rings (SSSR count). The monoisotopic (exact) mass is 323 g/mol. The molecule has 1 atom stereocenters. The maximum absolute atomic E-state index is 13.8. The van der Waals surface area contributed by atoms with Gasteiger partial charge in [0.1, 0.15) is 5.82 Å². The molecule has 3 nitrogen and oxygen atoms in total. The van der Waals surface area contributed by atoms with Gasteiger partial charge in [-0.25, -0.2) is 4.39 Å².